The second-order valence-corrected chi connectivity index (χ2v) is 3.67. The molecule has 1 radical (unpaired) electrons. The normalized spacial score (nSPS) is 9.88. The zero-order chi connectivity index (χ0) is 11.9. The zero-order valence-corrected chi connectivity index (χ0v) is 9.43. The largest absolute Gasteiger partial charge is 0.427 e. The molecule has 0 unspecified atom stereocenters. The molecule has 0 aliphatic heterocycles. The van der Waals surface area contributed by atoms with Crippen LogP contribution in [0, 0.1) is 6.07 Å². The van der Waals surface area contributed by atoms with Crippen LogP contribution in [0.2, 0.25) is 0 Å². The van der Waals surface area contributed by atoms with Gasteiger partial charge >= 0.3 is 5.97 Å². The number of ether oxygens (including phenoxy) is 1. The molecule has 0 fully saturated rings. The van der Waals surface area contributed by atoms with Crippen molar-refractivity contribution >= 4 is 5.97 Å². The number of carbonyl (C=O) groups is 1. The summed E-state index contributed by atoms with van der Waals surface area (Å²) in [6, 6.07) is 19.8. The molecule has 0 spiro atoms. The predicted molar refractivity (Wildman–Crippen MR) is 65.7 cm³/mol. The maximum Gasteiger partial charge on any atom is 0.311 e. The molecule has 2 rings (SSSR count). The van der Waals surface area contributed by atoms with Gasteiger partial charge in [-0.25, -0.2) is 0 Å². The summed E-state index contributed by atoms with van der Waals surface area (Å²) in [5.74, 6) is 0.378. The Morgan fingerprint density at radius 1 is 1.06 bits per heavy atom. The third-order valence-corrected chi connectivity index (χ3v) is 2.35. The van der Waals surface area contributed by atoms with Gasteiger partial charge in [0.1, 0.15) is 5.75 Å². The highest BCUT2D eigenvalue weighted by atomic mass is 16.5. The Labute approximate surface area is 101 Å². The Morgan fingerprint density at radius 2 is 1.82 bits per heavy atom. The third kappa shape index (κ3) is 3.76. The number of benzene rings is 2. The fraction of sp³-hybridized carbons (Fsp3) is 0.133. The van der Waals surface area contributed by atoms with Crippen LogP contribution in [0.3, 0.4) is 0 Å². The van der Waals surface area contributed by atoms with Crippen molar-refractivity contribution in [3.05, 3.63) is 66.2 Å². The van der Waals surface area contributed by atoms with Crippen LogP contribution in [-0.2, 0) is 11.2 Å². The molecule has 0 atom stereocenters. The van der Waals surface area contributed by atoms with E-state index in [4.69, 9.17) is 4.74 Å². The van der Waals surface area contributed by atoms with Crippen molar-refractivity contribution in [2.75, 3.05) is 0 Å². The monoisotopic (exact) mass is 225 g/mol. The van der Waals surface area contributed by atoms with E-state index in [2.05, 4.69) is 6.07 Å². The van der Waals surface area contributed by atoms with Gasteiger partial charge in [0.2, 0.25) is 0 Å². The number of rotatable bonds is 4. The number of esters is 1. The molecule has 0 aliphatic carbocycles. The average molecular weight is 225 g/mol. The fourth-order valence-corrected chi connectivity index (χ4v) is 1.49. The topological polar surface area (TPSA) is 26.3 Å². The quantitative estimate of drug-likeness (QED) is 0.590. The lowest BCUT2D eigenvalue weighted by Gasteiger charge is -2.03. The molecule has 0 saturated heterocycles. The molecule has 0 N–H and O–H groups in total. The molecule has 0 saturated carbocycles. The molecule has 2 aromatic carbocycles. The summed E-state index contributed by atoms with van der Waals surface area (Å²) in [6.45, 7) is 0. The van der Waals surface area contributed by atoms with E-state index >= 15 is 0 Å². The highest BCUT2D eigenvalue weighted by Gasteiger charge is 2.04. The maximum atomic E-state index is 11.5. The third-order valence-electron chi connectivity index (χ3n) is 2.35. The highest BCUT2D eigenvalue weighted by molar-refractivity contribution is 5.72. The van der Waals surface area contributed by atoms with E-state index < -0.39 is 0 Å². The molecule has 0 bridgehead atoms. The standard InChI is InChI=1S/C15H13O2/c16-15(17-14-9-5-2-6-10-14)12-11-13-7-3-1-4-8-13/h1-7,9-10H,11-12H2. The van der Waals surface area contributed by atoms with Gasteiger partial charge in [0.05, 0.1) is 6.42 Å². The van der Waals surface area contributed by atoms with Gasteiger partial charge in [-0.15, -0.1) is 0 Å². The minimum absolute atomic E-state index is 0.214. The van der Waals surface area contributed by atoms with Crippen LogP contribution in [0.1, 0.15) is 12.0 Å². The molecule has 85 valence electrons. The summed E-state index contributed by atoms with van der Waals surface area (Å²) in [4.78, 5) is 11.5. The van der Waals surface area contributed by atoms with Gasteiger partial charge in [0, 0.05) is 0 Å². The summed E-state index contributed by atoms with van der Waals surface area (Å²) >= 11 is 0. The number of carbonyl (C=O) groups excluding carboxylic acids is 1. The summed E-state index contributed by atoms with van der Waals surface area (Å²) in [5.41, 5.74) is 1.03. The van der Waals surface area contributed by atoms with E-state index in [1.165, 1.54) is 0 Å². The number of aryl methyl sites for hydroxylation is 1. The van der Waals surface area contributed by atoms with Crippen molar-refractivity contribution in [1.82, 2.24) is 0 Å². The van der Waals surface area contributed by atoms with Gasteiger partial charge in [-0.1, -0.05) is 42.5 Å². The molecule has 0 amide bonds. The first-order chi connectivity index (χ1) is 8.34. The van der Waals surface area contributed by atoms with Crippen LogP contribution >= 0.6 is 0 Å². The SMILES string of the molecule is O=C(CCc1[c]cccc1)Oc1ccccc1. The molecular weight excluding hydrogens is 212 g/mol. The van der Waals surface area contributed by atoms with Gasteiger partial charge in [0.25, 0.3) is 0 Å². The second kappa shape index (κ2) is 5.85. The Hall–Kier alpha value is -2.09. The zero-order valence-electron chi connectivity index (χ0n) is 9.43. The molecule has 2 aromatic rings. The molecule has 2 nitrogen and oxygen atoms in total. The van der Waals surface area contributed by atoms with Gasteiger partial charge in [0.15, 0.2) is 0 Å². The fourth-order valence-electron chi connectivity index (χ4n) is 1.49. The lowest BCUT2D eigenvalue weighted by Crippen LogP contribution is -2.08. The van der Waals surface area contributed by atoms with E-state index in [0.29, 0.717) is 18.6 Å². The van der Waals surface area contributed by atoms with Crippen LogP contribution in [0.15, 0.2) is 54.6 Å². The van der Waals surface area contributed by atoms with Crippen LogP contribution in [0.25, 0.3) is 0 Å². The molecule has 17 heavy (non-hydrogen) atoms. The summed E-state index contributed by atoms with van der Waals surface area (Å²) < 4.78 is 5.18. The van der Waals surface area contributed by atoms with Gasteiger partial charge in [-0.3, -0.25) is 4.79 Å². The Kier molecular flexibility index (Phi) is 3.92. The first kappa shape index (κ1) is 11.4. The highest BCUT2D eigenvalue weighted by Crippen LogP contribution is 2.10. The summed E-state index contributed by atoms with van der Waals surface area (Å²) in [5, 5.41) is 0. The first-order valence-corrected chi connectivity index (χ1v) is 5.56. The van der Waals surface area contributed by atoms with E-state index in [-0.39, 0.29) is 5.97 Å². The van der Waals surface area contributed by atoms with Crippen molar-refractivity contribution in [2.45, 2.75) is 12.8 Å². The molecule has 2 heteroatoms. The predicted octanol–water partition coefficient (Wildman–Crippen LogP) is 3.02. The van der Waals surface area contributed by atoms with E-state index in [0.717, 1.165) is 5.56 Å². The van der Waals surface area contributed by atoms with Gasteiger partial charge < -0.3 is 4.74 Å². The van der Waals surface area contributed by atoms with Crippen molar-refractivity contribution in [1.29, 1.82) is 0 Å². The smallest absolute Gasteiger partial charge is 0.311 e. The number of hydrogen-bond donors (Lipinski definition) is 0. The Morgan fingerprint density at radius 3 is 2.53 bits per heavy atom. The Bertz CT molecular complexity index is 463. The molecule has 0 aliphatic rings. The lowest BCUT2D eigenvalue weighted by molar-refractivity contribution is -0.134. The van der Waals surface area contributed by atoms with Crippen molar-refractivity contribution in [2.24, 2.45) is 0 Å². The minimum Gasteiger partial charge on any atom is -0.427 e. The Balaban J connectivity index is 1.83. The van der Waals surface area contributed by atoms with Gasteiger partial charge in [-0.05, 0) is 30.2 Å². The van der Waals surface area contributed by atoms with Crippen LogP contribution in [0.4, 0.5) is 0 Å². The van der Waals surface area contributed by atoms with E-state index in [1.807, 2.05) is 42.5 Å². The number of hydrogen-bond acceptors (Lipinski definition) is 2. The van der Waals surface area contributed by atoms with Gasteiger partial charge in [-0.2, -0.15) is 0 Å². The number of para-hydroxylation sites is 1. The second-order valence-electron chi connectivity index (χ2n) is 3.67. The van der Waals surface area contributed by atoms with Crippen molar-refractivity contribution in [3.8, 4) is 5.75 Å². The summed E-state index contributed by atoms with van der Waals surface area (Å²) in [6.07, 6.45) is 1.03. The van der Waals surface area contributed by atoms with Crippen LogP contribution in [-0.4, -0.2) is 5.97 Å². The van der Waals surface area contributed by atoms with Crippen LogP contribution in [0.5, 0.6) is 5.75 Å². The molecular formula is C15H13O2. The maximum absolute atomic E-state index is 11.5. The average Bonchev–Trinajstić information content (AvgIpc) is 2.39. The van der Waals surface area contributed by atoms with Crippen molar-refractivity contribution in [3.63, 3.8) is 0 Å². The van der Waals surface area contributed by atoms with Crippen molar-refractivity contribution < 1.29 is 9.53 Å². The first-order valence-electron chi connectivity index (χ1n) is 5.56. The molecule has 0 aromatic heterocycles. The molecule has 0 heterocycles. The van der Waals surface area contributed by atoms with Crippen LogP contribution < -0.4 is 4.74 Å². The van der Waals surface area contributed by atoms with E-state index in [1.54, 1.807) is 12.1 Å². The van der Waals surface area contributed by atoms with E-state index in [9.17, 15) is 4.79 Å². The lowest BCUT2D eigenvalue weighted by atomic mass is 10.1. The summed E-state index contributed by atoms with van der Waals surface area (Å²) in [7, 11) is 0. The minimum atomic E-state index is -0.214.